The Morgan fingerprint density at radius 3 is 2.12 bits per heavy atom. The summed E-state index contributed by atoms with van der Waals surface area (Å²) < 4.78 is 42.5. The van der Waals surface area contributed by atoms with E-state index in [-0.39, 0.29) is 31.9 Å². The maximum Gasteiger partial charge on any atom is 0.407 e. The topological polar surface area (TPSA) is 105 Å². The Balaban J connectivity index is 1.42. The first kappa shape index (κ1) is 24.1. The third-order valence-corrected chi connectivity index (χ3v) is 5.26. The van der Waals surface area contributed by atoms with E-state index in [1.54, 1.807) is 0 Å². The molecule has 0 saturated carbocycles. The van der Waals surface area contributed by atoms with Crippen molar-refractivity contribution in [1.29, 1.82) is 0 Å². The van der Waals surface area contributed by atoms with Gasteiger partial charge in [-0.2, -0.15) is 13.2 Å². The number of carboxylic acids is 1. The van der Waals surface area contributed by atoms with Crippen LogP contribution in [0, 0.1) is 0 Å². The molecule has 1 atom stereocenters. The number of nitrogens with one attached hydrogen (secondary N) is 2. The lowest BCUT2D eigenvalue weighted by Gasteiger charge is -2.16. The molecule has 0 spiro atoms. The molecule has 3 N–H and O–H groups in total. The van der Waals surface area contributed by atoms with Crippen molar-refractivity contribution in [1.82, 2.24) is 10.6 Å². The van der Waals surface area contributed by atoms with Crippen LogP contribution in [-0.4, -0.2) is 48.4 Å². The fraction of sp³-hybridized carbons (Fsp3) is 0.348. The van der Waals surface area contributed by atoms with E-state index in [1.807, 2.05) is 53.8 Å². The minimum atomic E-state index is -4.72. The second-order valence-electron chi connectivity index (χ2n) is 7.63. The molecule has 2 amide bonds. The zero-order valence-electron chi connectivity index (χ0n) is 17.5. The summed E-state index contributed by atoms with van der Waals surface area (Å²) in [6.07, 6.45) is -7.20. The molecule has 2 aromatic rings. The standard InChI is InChI=1S/C23H23F3N2O5/c24-23(25,26)12-19(21(30)31)28-20(29)10-5-11-27-22(32)33-13-18-16-8-3-1-6-14(16)15-7-2-4-9-17(15)18/h1-4,6-9,18-19H,5,10-13H2,(H,27,32)(H,28,29)(H,30,31). The van der Waals surface area contributed by atoms with Crippen LogP contribution < -0.4 is 10.6 Å². The number of aliphatic carboxylic acids is 1. The molecule has 3 rings (SSSR count). The van der Waals surface area contributed by atoms with Crippen LogP contribution in [0.3, 0.4) is 0 Å². The van der Waals surface area contributed by atoms with Gasteiger partial charge in [0.25, 0.3) is 0 Å². The molecular formula is C23H23F3N2O5. The molecule has 0 aromatic heterocycles. The second kappa shape index (κ2) is 10.4. The first-order valence-electron chi connectivity index (χ1n) is 10.3. The van der Waals surface area contributed by atoms with Crippen molar-refractivity contribution in [2.75, 3.05) is 13.2 Å². The minimum absolute atomic E-state index is 0.0428. The van der Waals surface area contributed by atoms with E-state index in [0.717, 1.165) is 22.3 Å². The van der Waals surface area contributed by atoms with Crippen LogP contribution in [0.2, 0.25) is 0 Å². The van der Waals surface area contributed by atoms with Crippen LogP contribution in [0.4, 0.5) is 18.0 Å². The summed E-state index contributed by atoms with van der Waals surface area (Å²) in [5.41, 5.74) is 4.32. The number of halogens is 3. The molecule has 176 valence electrons. The van der Waals surface area contributed by atoms with Gasteiger partial charge in [0.05, 0.1) is 6.42 Å². The van der Waals surface area contributed by atoms with E-state index in [2.05, 4.69) is 5.32 Å². The number of rotatable bonds is 9. The third kappa shape index (κ3) is 6.47. The average Bonchev–Trinajstić information content (AvgIpc) is 3.08. The lowest BCUT2D eigenvalue weighted by atomic mass is 9.98. The highest BCUT2D eigenvalue weighted by Crippen LogP contribution is 2.44. The zero-order chi connectivity index (χ0) is 24.0. The Hall–Kier alpha value is -3.56. The van der Waals surface area contributed by atoms with Crippen molar-refractivity contribution in [2.24, 2.45) is 0 Å². The summed E-state index contributed by atoms with van der Waals surface area (Å²) in [6, 6.07) is 13.7. The predicted octanol–water partition coefficient (Wildman–Crippen LogP) is 3.83. The van der Waals surface area contributed by atoms with Crippen molar-refractivity contribution in [3.05, 3.63) is 59.7 Å². The first-order valence-corrected chi connectivity index (χ1v) is 10.3. The smallest absolute Gasteiger partial charge is 0.407 e. The van der Waals surface area contributed by atoms with Crippen molar-refractivity contribution >= 4 is 18.0 Å². The van der Waals surface area contributed by atoms with E-state index in [9.17, 15) is 27.6 Å². The molecule has 1 unspecified atom stereocenters. The molecule has 33 heavy (non-hydrogen) atoms. The lowest BCUT2D eigenvalue weighted by molar-refractivity contribution is -0.160. The SMILES string of the molecule is O=C(CCCNC(=O)OCC1c2ccccc2-c2ccccc21)NC(CC(F)(F)F)C(=O)O. The van der Waals surface area contributed by atoms with Crippen LogP contribution >= 0.6 is 0 Å². The number of carboxylic acid groups (broad SMARTS) is 1. The van der Waals surface area contributed by atoms with Gasteiger partial charge in [-0.25, -0.2) is 9.59 Å². The summed E-state index contributed by atoms with van der Waals surface area (Å²) >= 11 is 0. The molecule has 0 radical (unpaired) electrons. The van der Waals surface area contributed by atoms with Crippen molar-refractivity contribution in [2.45, 2.75) is 37.4 Å². The number of alkyl carbamates (subject to hydrolysis) is 1. The number of hydrogen-bond donors (Lipinski definition) is 3. The van der Waals surface area contributed by atoms with Gasteiger partial charge in [-0.15, -0.1) is 0 Å². The summed E-state index contributed by atoms with van der Waals surface area (Å²) in [6.45, 7) is 0.166. The summed E-state index contributed by atoms with van der Waals surface area (Å²) in [5.74, 6) is -2.71. The number of ether oxygens (including phenoxy) is 1. The highest BCUT2D eigenvalue weighted by atomic mass is 19.4. The number of benzene rings is 2. The molecule has 0 saturated heterocycles. The Kier molecular flexibility index (Phi) is 7.57. The van der Waals surface area contributed by atoms with Crippen molar-refractivity contribution in [3.8, 4) is 11.1 Å². The Labute approximate surface area is 187 Å². The molecular weight excluding hydrogens is 441 g/mol. The second-order valence-corrected chi connectivity index (χ2v) is 7.63. The lowest BCUT2D eigenvalue weighted by Crippen LogP contribution is -2.43. The van der Waals surface area contributed by atoms with Gasteiger partial charge < -0.3 is 20.5 Å². The number of alkyl halides is 3. The van der Waals surface area contributed by atoms with Crippen LogP contribution in [0.25, 0.3) is 11.1 Å². The van der Waals surface area contributed by atoms with Crippen molar-refractivity contribution < 1.29 is 37.4 Å². The normalized spacial score (nSPS) is 13.5. The summed E-state index contributed by atoms with van der Waals surface area (Å²) in [7, 11) is 0. The molecule has 0 bridgehead atoms. The van der Waals surface area contributed by atoms with Gasteiger partial charge in [-0.05, 0) is 28.7 Å². The molecule has 0 heterocycles. The summed E-state index contributed by atoms with van der Waals surface area (Å²) in [4.78, 5) is 34.7. The molecule has 7 nitrogen and oxygen atoms in total. The van der Waals surface area contributed by atoms with E-state index >= 15 is 0 Å². The maximum absolute atomic E-state index is 12.4. The van der Waals surface area contributed by atoms with Gasteiger partial charge in [0.2, 0.25) is 5.91 Å². The van der Waals surface area contributed by atoms with Crippen LogP contribution in [0.1, 0.15) is 36.3 Å². The van der Waals surface area contributed by atoms with E-state index in [0.29, 0.717) is 0 Å². The monoisotopic (exact) mass is 464 g/mol. The zero-order valence-corrected chi connectivity index (χ0v) is 17.5. The minimum Gasteiger partial charge on any atom is -0.480 e. The maximum atomic E-state index is 12.4. The van der Waals surface area contributed by atoms with E-state index < -0.39 is 36.6 Å². The molecule has 1 aliphatic carbocycles. The number of fused-ring (bicyclic) bond motifs is 3. The van der Waals surface area contributed by atoms with E-state index in [4.69, 9.17) is 9.84 Å². The average molecular weight is 464 g/mol. The van der Waals surface area contributed by atoms with Crippen LogP contribution in [0.5, 0.6) is 0 Å². The number of amides is 2. The Morgan fingerprint density at radius 1 is 1.00 bits per heavy atom. The largest absolute Gasteiger partial charge is 0.480 e. The predicted molar refractivity (Wildman–Crippen MR) is 113 cm³/mol. The van der Waals surface area contributed by atoms with Crippen molar-refractivity contribution in [3.63, 3.8) is 0 Å². The highest BCUT2D eigenvalue weighted by molar-refractivity contribution is 5.83. The number of hydrogen-bond acceptors (Lipinski definition) is 4. The molecule has 0 fully saturated rings. The number of carbonyl (C=O) groups is 3. The van der Waals surface area contributed by atoms with Gasteiger partial charge in [0, 0.05) is 18.9 Å². The fourth-order valence-electron chi connectivity index (χ4n) is 3.79. The molecule has 2 aromatic carbocycles. The van der Waals surface area contributed by atoms with Gasteiger partial charge >= 0.3 is 18.2 Å². The van der Waals surface area contributed by atoms with Crippen LogP contribution in [-0.2, 0) is 14.3 Å². The first-order chi connectivity index (χ1) is 15.7. The quantitative estimate of drug-likeness (QED) is 0.490. The van der Waals surface area contributed by atoms with Gasteiger partial charge in [-0.3, -0.25) is 4.79 Å². The Morgan fingerprint density at radius 2 is 1.58 bits per heavy atom. The number of carbonyl (C=O) groups excluding carboxylic acids is 2. The van der Waals surface area contributed by atoms with Crippen LogP contribution in [0.15, 0.2) is 48.5 Å². The molecule has 1 aliphatic rings. The molecule has 0 aliphatic heterocycles. The Bertz CT molecular complexity index is 980. The molecule has 10 heteroatoms. The van der Waals surface area contributed by atoms with Gasteiger partial charge in [0.1, 0.15) is 12.6 Å². The third-order valence-electron chi connectivity index (χ3n) is 5.26. The summed E-state index contributed by atoms with van der Waals surface area (Å²) in [5, 5.41) is 13.1. The highest BCUT2D eigenvalue weighted by Gasteiger charge is 2.36. The van der Waals surface area contributed by atoms with Gasteiger partial charge in [0.15, 0.2) is 0 Å². The van der Waals surface area contributed by atoms with Gasteiger partial charge in [-0.1, -0.05) is 48.5 Å². The van der Waals surface area contributed by atoms with E-state index in [1.165, 1.54) is 0 Å². The fourth-order valence-corrected chi connectivity index (χ4v) is 3.79.